The van der Waals surface area contributed by atoms with Crippen LogP contribution in [0.4, 0.5) is 0 Å². The van der Waals surface area contributed by atoms with Gasteiger partial charge in [0.15, 0.2) is 0 Å². The molecule has 0 heterocycles. The van der Waals surface area contributed by atoms with Gasteiger partial charge in [-0.05, 0) is 31.6 Å². The molecule has 3 aliphatic rings. The molecular formula is C11H18N2O. The summed E-state index contributed by atoms with van der Waals surface area (Å²) in [4.78, 5) is 10.9. The summed E-state index contributed by atoms with van der Waals surface area (Å²) in [5.74, 6) is 0.965. The van der Waals surface area contributed by atoms with Gasteiger partial charge in [0.25, 0.3) is 0 Å². The van der Waals surface area contributed by atoms with Crippen molar-refractivity contribution in [2.24, 2.45) is 5.92 Å². The zero-order valence-corrected chi connectivity index (χ0v) is 8.68. The summed E-state index contributed by atoms with van der Waals surface area (Å²) in [6, 6.07) is 0. The van der Waals surface area contributed by atoms with E-state index in [1.54, 1.807) is 13.1 Å². The minimum Gasteiger partial charge on any atom is -0.356 e. The molecule has 0 saturated heterocycles. The second kappa shape index (κ2) is 3.73. The van der Waals surface area contributed by atoms with Gasteiger partial charge in [-0.2, -0.15) is 0 Å². The largest absolute Gasteiger partial charge is 0.356 e. The van der Waals surface area contributed by atoms with Crippen molar-refractivity contribution >= 4 is 5.91 Å². The molecule has 2 N–H and O–H groups in total. The molecule has 0 aromatic rings. The van der Waals surface area contributed by atoms with Crippen LogP contribution in [-0.4, -0.2) is 25.0 Å². The van der Waals surface area contributed by atoms with E-state index in [1.807, 2.05) is 6.08 Å². The van der Waals surface area contributed by atoms with Crippen molar-refractivity contribution in [3.63, 3.8) is 0 Å². The molecule has 2 bridgehead atoms. The van der Waals surface area contributed by atoms with E-state index in [4.69, 9.17) is 0 Å². The second-order valence-corrected chi connectivity index (χ2v) is 4.49. The fourth-order valence-corrected chi connectivity index (χ4v) is 2.69. The maximum Gasteiger partial charge on any atom is 0.243 e. The fourth-order valence-electron chi connectivity index (χ4n) is 2.69. The van der Waals surface area contributed by atoms with E-state index >= 15 is 0 Å². The molecule has 14 heavy (non-hydrogen) atoms. The van der Waals surface area contributed by atoms with Crippen molar-refractivity contribution in [2.45, 2.75) is 31.2 Å². The summed E-state index contributed by atoms with van der Waals surface area (Å²) in [7, 11) is 1.65. The van der Waals surface area contributed by atoms with Crippen LogP contribution in [0.2, 0.25) is 0 Å². The van der Waals surface area contributed by atoms with Crippen molar-refractivity contribution in [1.29, 1.82) is 0 Å². The standard InChI is InChI=1S/C11H18N2O/c1-12-10(14)3-2-6-13-11-5-4-9(7-11)8-11/h2-3,9,13H,4-8H2,1H3,(H,12,14)/b3-2+. The van der Waals surface area contributed by atoms with Gasteiger partial charge in [0.2, 0.25) is 5.91 Å². The molecule has 0 aliphatic heterocycles. The third-order valence-corrected chi connectivity index (χ3v) is 3.50. The first-order valence-electron chi connectivity index (χ1n) is 5.37. The Kier molecular flexibility index (Phi) is 2.59. The van der Waals surface area contributed by atoms with Gasteiger partial charge >= 0.3 is 0 Å². The maximum absolute atomic E-state index is 10.9. The van der Waals surface area contributed by atoms with Crippen molar-refractivity contribution < 1.29 is 4.79 Å². The zero-order chi connectivity index (χ0) is 10.0. The van der Waals surface area contributed by atoms with Crippen molar-refractivity contribution in [2.75, 3.05) is 13.6 Å². The van der Waals surface area contributed by atoms with Crippen molar-refractivity contribution in [1.82, 2.24) is 10.6 Å². The molecule has 0 unspecified atom stereocenters. The van der Waals surface area contributed by atoms with Crippen molar-refractivity contribution in [3.8, 4) is 0 Å². The lowest BCUT2D eigenvalue weighted by molar-refractivity contribution is -0.116. The van der Waals surface area contributed by atoms with E-state index < -0.39 is 0 Å². The number of rotatable bonds is 4. The highest BCUT2D eigenvalue weighted by molar-refractivity contribution is 5.87. The number of carbonyl (C=O) groups is 1. The van der Waals surface area contributed by atoms with E-state index in [2.05, 4.69) is 10.6 Å². The molecule has 0 radical (unpaired) electrons. The molecule has 0 spiro atoms. The van der Waals surface area contributed by atoms with E-state index in [1.165, 1.54) is 25.7 Å². The molecule has 3 rings (SSSR count). The van der Waals surface area contributed by atoms with Crippen LogP contribution >= 0.6 is 0 Å². The van der Waals surface area contributed by atoms with Crippen LogP contribution in [0.15, 0.2) is 12.2 Å². The molecule has 1 amide bonds. The van der Waals surface area contributed by atoms with Gasteiger partial charge in [0.1, 0.15) is 0 Å². The second-order valence-electron chi connectivity index (χ2n) is 4.49. The van der Waals surface area contributed by atoms with Crippen LogP contribution < -0.4 is 10.6 Å². The lowest BCUT2D eigenvalue weighted by Crippen LogP contribution is -2.49. The number of hydrogen-bond acceptors (Lipinski definition) is 2. The Balaban J connectivity index is 1.68. The molecule has 3 fully saturated rings. The van der Waals surface area contributed by atoms with Gasteiger partial charge in [0, 0.05) is 25.2 Å². The number of hydrogen-bond donors (Lipinski definition) is 2. The van der Waals surface area contributed by atoms with E-state index in [0.29, 0.717) is 5.54 Å². The Morgan fingerprint density at radius 1 is 1.57 bits per heavy atom. The van der Waals surface area contributed by atoms with Gasteiger partial charge < -0.3 is 10.6 Å². The first-order chi connectivity index (χ1) is 6.74. The highest BCUT2D eigenvalue weighted by atomic mass is 16.1. The van der Waals surface area contributed by atoms with Gasteiger partial charge in [-0.15, -0.1) is 0 Å². The molecular weight excluding hydrogens is 176 g/mol. The fraction of sp³-hybridized carbons (Fsp3) is 0.727. The summed E-state index contributed by atoms with van der Waals surface area (Å²) in [6.45, 7) is 0.820. The lowest BCUT2D eigenvalue weighted by Gasteiger charge is -2.39. The molecule has 0 aromatic carbocycles. The van der Waals surface area contributed by atoms with E-state index in [9.17, 15) is 4.79 Å². The smallest absolute Gasteiger partial charge is 0.243 e. The highest BCUT2D eigenvalue weighted by Crippen LogP contribution is 2.51. The third kappa shape index (κ3) is 1.82. The van der Waals surface area contributed by atoms with E-state index in [-0.39, 0.29) is 5.91 Å². The average molecular weight is 194 g/mol. The molecule has 78 valence electrons. The Labute approximate surface area is 84.9 Å². The van der Waals surface area contributed by atoms with Crippen molar-refractivity contribution in [3.05, 3.63) is 12.2 Å². The number of nitrogens with one attached hydrogen (secondary N) is 2. The van der Waals surface area contributed by atoms with Crippen LogP contribution in [0.25, 0.3) is 0 Å². The summed E-state index contributed by atoms with van der Waals surface area (Å²) >= 11 is 0. The highest BCUT2D eigenvalue weighted by Gasteiger charge is 2.49. The minimum absolute atomic E-state index is 0.0257. The number of likely N-dealkylation sites (N-methyl/N-ethyl adjacent to an activating group) is 1. The molecule has 0 aromatic heterocycles. The van der Waals surface area contributed by atoms with Crippen LogP contribution in [-0.2, 0) is 4.79 Å². The van der Waals surface area contributed by atoms with Gasteiger partial charge in [0.05, 0.1) is 0 Å². The Morgan fingerprint density at radius 2 is 2.36 bits per heavy atom. The molecule has 3 heteroatoms. The van der Waals surface area contributed by atoms with Crippen LogP contribution in [0.3, 0.4) is 0 Å². The normalized spacial score (nSPS) is 34.5. The predicted molar refractivity (Wildman–Crippen MR) is 55.9 cm³/mol. The molecule has 0 atom stereocenters. The summed E-state index contributed by atoms with van der Waals surface area (Å²) in [5.41, 5.74) is 0.442. The lowest BCUT2D eigenvalue weighted by atomic mass is 9.77. The molecule has 3 saturated carbocycles. The van der Waals surface area contributed by atoms with Crippen LogP contribution in [0, 0.1) is 5.92 Å². The topological polar surface area (TPSA) is 41.1 Å². The number of fused-ring (bicyclic) bond motifs is 1. The van der Waals surface area contributed by atoms with Gasteiger partial charge in [-0.25, -0.2) is 0 Å². The van der Waals surface area contributed by atoms with E-state index in [0.717, 1.165) is 12.5 Å². The first-order valence-corrected chi connectivity index (χ1v) is 5.37. The Hall–Kier alpha value is -0.830. The molecule has 3 aliphatic carbocycles. The zero-order valence-electron chi connectivity index (χ0n) is 8.68. The number of amides is 1. The quantitative estimate of drug-likeness (QED) is 0.651. The van der Waals surface area contributed by atoms with Crippen LogP contribution in [0.5, 0.6) is 0 Å². The Morgan fingerprint density at radius 3 is 2.93 bits per heavy atom. The third-order valence-electron chi connectivity index (χ3n) is 3.50. The maximum atomic E-state index is 10.9. The minimum atomic E-state index is -0.0257. The van der Waals surface area contributed by atoms with Crippen LogP contribution in [0.1, 0.15) is 25.7 Å². The SMILES string of the molecule is CNC(=O)/C=C/CNC12CCC(C1)C2. The Bertz CT molecular complexity index is 249. The average Bonchev–Trinajstić information content (AvgIpc) is 2.70. The first kappa shape index (κ1) is 9.71. The summed E-state index contributed by atoms with van der Waals surface area (Å²) in [5, 5.41) is 6.10. The summed E-state index contributed by atoms with van der Waals surface area (Å²) < 4.78 is 0. The monoisotopic (exact) mass is 194 g/mol. The summed E-state index contributed by atoms with van der Waals surface area (Å²) in [6.07, 6.45) is 8.91. The van der Waals surface area contributed by atoms with Gasteiger partial charge in [-0.3, -0.25) is 4.79 Å². The van der Waals surface area contributed by atoms with Gasteiger partial charge in [-0.1, -0.05) is 6.08 Å². The molecule has 3 nitrogen and oxygen atoms in total. The predicted octanol–water partition coefficient (Wildman–Crippen LogP) is 0.821. The number of carbonyl (C=O) groups excluding carboxylic acids is 1.